The van der Waals surface area contributed by atoms with E-state index in [2.05, 4.69) is 105 Å². The second kappa shape index (κ2) is 58.2. The number of Topliss-reactive ketones (excluding diaryl/α,β-unsaturated/α-hetero) is 2. The van der Waals surface area contributed by atoms with Gasteiger partial charge in [0.15, 0.2) is 22.4 Å². The average Bonchev–Trinajstić information content (AvgIpc) is 1.75. The van der Waals surface area contributed by atoms with Gasteiger partial charge in [-0.25, -0.2) is 0 Å². The van der Waals surface area contributed by atoms with E-state index in [1.807, 2.05) is 0 Å². The number of hydrogen-bond acceptors (Lipinski definition) is 6. The molecule has 0 aromatic carbocycles. The molecule has 0 saturated heterocycles. The highest BCUT2D eigenvalue weighted by Gasteiger charge is 2.49. The first-order valence-corrected chi connectivity index (χ1v) is 48.6. The Bertz CT molecular complexity index is 1540. The van der Waals surface area contributed by atoms with Crippen LogP contribution in [0.4, 0.5) is 0 Å². The normalized spacial score (nSPS) is 14.4. The van der Waals surface area contributed by atoms with Gasteiger partial charge in [-0.05, 0) is 76.8 Å². The van der Waals surface area contributed by atoms with Gasteiger partial charge in [0, 0.05) is 30.8 Å². The summed E-state index contributed by atoms with van der Waals surface area (Å²) in [4.78, 5) is 58.4. The lowest BCUT2D eigenvalue weighted by molar-refractivity contribution is -0.131. The molecule has 0 radical (unpaired) electrons. The standard InChI is InChI=1S/C78H158N2O6Si3/c1-15-21-25-29-33-35-37-39-41-43-44-46-48-50-54-56-60-64-72(81)76(70(8)20-6)80-78(84)75(66-62-58-53-32-28-24-18-4)88(11,12)86-89(13,14)85-87(9,10)74(65-61-57-52-31-27-23-17-3)73(82)68-71(69(7)19-5)77(83)79-67-63-59-55-51-49-47-45-42-40-38-36-34-30-26-22-16-2/h69-71,74-76H,15-68H2,1-14H3,(H,79,83)(H,80,84). The second-order valence-electron chi connectivity index (χ2n) is 30.2. The molecule has 0 saturated carbocycles. The van der Waals surface area contributed by atoms with Gasteiger partial charge in [-0.15, -0.1) is 0 Å². The minimum absolute atomic E-state index is 0.0221. The molecule has 0 spiro atoms. The Kier molecular flexibility index (Phi) is 57.5. The van der Waals surface area contributed by atoms with Crippen molar-refractivity contribution in [2.24, 2.45) is 17.8 Å². The fraction of sp³-hybridized carbons (Fsp3) is 0.949. The predicted molar refractivity (Wildman–Crippen MR) is 398 cm³/mol. The van der Waals surface area contributed by atoms with E-state index >= 15 is 9.59 Å². The molecule has 528 valence electrons. The number of carbonyl (C=O) groups is 4. The maximum Gasteiger partial charge on any atom is 0.311 e. The summed E-state index contributed by atoms with van der Waals surface area (Å²) in [5, 5.41) is 6.72. The Morgan fingerprint density at radius 1 is 0.337 bits per heavy atom. The van der Waals surface area contributed by atoms with Crippen molar-refractivity contribution >= 4 is 48.6 Å². The van der Waals surface area contributed by atoms with Gasteiger partial charge in [0.05, 0.1) is 11.6 Å². The Morgan fingerprint density at radius 3 is 0.966 bits per heavy atom. The zero-order valence-electron chi connectivity index (χ0n) is 62.6. The molecule has 11 heteroatoms. The third-order valence-electron chi connectivity index (χ3n) is 20.4. The van der Waals surface area contributed by atoms with Crippen LogP contribution in [0.25, 0.3) is 0 Å². The lowest BCUT2D eigenvalue weighted by atomic mass is 9.85. The van der Waals surface area contributed by atoms with Crippen molar-refractivity contribution in [1.82, 2.24) is 10.6 Å². The van der Waals surface area contributed by atoms with Crippen LogP contribution in [0.1, 0.15) is 396 Å². The van der Waals surface area contributed by atoms with Crippen molar-refractivity contribution in [3.63, 3.8) is 0 Å². The van der Waals surface area contributed by atoms with Crippen LogP contribution in [0.5, 0.6) is 0 Å². The van der Waals surface area contributed by atoms with E-state index in [-0.39, 0.29) is 58.6 Å². The predicted octanol–water partition coefficient (Wildman–Crippen LogP) is 25.3. The summed E-state index contributed by atoms with van der Waals surface area (Å²) in [7, 11) is -8.60. The Hall–Kier alpha value is -1.15. The van der Waals surface area contributed by atoms with Crippen LogP contribution in [0.3, 0.4) is 0 Å². The molecule has 2 N–H and O–H groups in total. The summed E-state index contributed by atoms with van der Waals surface area (Å²) < 4.78 is 14.9. The van der Waals surface area contributed by atoms with Crippen molar-refractivity contribution in [1.29, 1.82) is 0 Å². The summed E-state index contributed by atoms with van der Waals surface area (Å²) in [6, 6.07) is -0.499. The molecule has 0 heterocycles. The summed E-state index contributed by atoms with van der Waals surface area (Å²) >= 11 is 0. The van der Waals surface area contributed by atoms with Crippen LogP contribution >= 0.6 is 0 Å². The molecule has 8 nitrogen and oxygen atoms in total. The van der Waals surface area contributed by atoms with Crippen LogP contribution in [0.15, 0.2) is 0 Å². The quantitative estimate of drug-likeness (QED) is 0.0464. The first-order valence-electron chi connectivity index (χ1n) is 39.8. The van der Waals surface area contributed by atoms with Crippen molar-refractivity contribution < 1.29 is 27.4 Å². The lowest BCUT2D eigenvalue weighted by Crippen LogP contribution is -2.58. The number of nitrogens with one attached hydrogen (secondary N) is 2. The van der Waals surface area contributed by atoms with E-state index in [0.29, 0.717) is 13.0 Å². The summed E-state index contributed by atoms with van der Waals surface area (Å²) in [5.41, 5.74) is -0.594. The smallest absolute Gasteiger partial charge is 0.311 e. The first-order chi connectivity index (χ1) is 42.8. The Labute approximate surface area is 559 Å². The van der Waals surface area contributed by atoms with Crippen molar-refractivity contribution in [2.75, 3.05) is 6.54 Å². The van der Waals surface area contributed by atoms with E-state index in [9.17, 15) is 9.59 Å². The van der Waals surface area contributed by atoms with Crippen LogP contribution in [0, 0.1) is 17.8 Å². The lowest BCUT2D eigenvalue weighted by Gasteiger charge is -2.43. The molecule has 6 atom stereocenters. The molecule has 89 heavy (non-hydrogen) atoms. The highest BCUT2D eigenvalue weighted by Crippen LogP contribution is 2.39. The first kappa shape index (κ1) is 87.9. The molecule has 0 aromatic heterocycles. The Morgan fingerprint density at radius 2 is 0.629 bits per heavy atom. The zero-order chi connectivity index (χ0) is 66.3. The molecule has 6 unspecified atom stereocenters. The highest BCUT2D eigenvalue weighted by atomic mass is 28.5. The van der Waals surface area contributed by atoms with E-state index in [4.69, 9.17) is 8.23 Å². The van der Waals surface area contributed by atoms with Gasteiger partial charge in [0.2, 0.25) is 11.8 Å². The molecule has 0 aliphatic heterocycles. The van der Waals surface area contributed by atoms with Crippen molar-refractivity contribution in [3.05, 3.63) is 0 Å². The number of unbranched alkanes of at least 4 members (excludes halogenated alkanes) is 43. The molecule has 2 amide bonds. The molecule has 0 aromatic rings. The zero-order valence-corrected chi connectivity index (χ0v) is 65.6. The van der Waals surface area contributed by atoms with Crippen LogP contribution in [0.2, 0.25) is 50.4 Å². The maximum absolute atomic E-state index is 15.1. The number of rotatable bonds is 68. The topological polar surface area (TPSA) is 111 Å². The molecule has 0 aliphatic rings. The SMILES string of the molecule is CCCCCCCCCCCCCCCCCCCC(=O)C(NC(=O)C(CCCCCCCCC)[Si](C)(C)O[Si](C)(C)O[Si](C)(C)C(CCCCCCCCC)C(=O)CC(C(=O)NCCCCCCCCCCCCCCCCCC)C(C)CC)C(C)CC. The van der Waals surface area contributed by atoms with Crippen molar-refractivity contribution in [2.45, 2.75) is 452 Å². The number of amides is 2. The van der Waals surface area contributed by atoms with E-state index in [1.165, 1.54) is 250 Å². The average molecular weight is 1300 g/mol. The van der Waals surface area contributed by atoms with Gasteiger partial charge >= 0.3 is 8.56 Å². The summed E-state index contributed by atoms with van der Waals surface area (Å²) in [5.74, 6) is 0.146. The van der Waals surface area contributed by atoms with E-state index < -0.39 is 31.2 Å². The fourth-order valence-corrected chi connectivity index (χ4v) is 29.4. The Balaban J connectivity index is 5.98. The third kappa shape index (κ3) is 47.4. The molecular formula is C78H158N2O6Si3. The monoisotopic (exact) mass is 1300 g/mol. The molecule has 0 bridgehead atoms. The second-order valence-corrected chi connectivity index (χ2v) is 42.5. The maximum atomic E-state index is 15.1. The van der Waals surface area contributed by atoms with Gasteiger partial charge in [-0.2, -0.15) is 0 Å². The van der Waals surface area contributed by atoms with Gasteiger partial charge in [-0.1, -0.05) is 357 Å². The summed E-state index contributed by atoms with van der Waals surface area (Å²) in [6.07, 6.45) is 63.8. The minimum atomic E-state index is -2.97. The van der Waals surface area contributed by atoms with Gasteiger partial charge in [0.25, 0.3) is 0 Å². The van der Waals surface area contributed by atoms with E-state index in [0.717, 1.165) is 77.0 Å². The highest BCUT2D eigenvalue weighted by molar-refractivity contribution is 6.90. The minimum Gasteiger partial charge on any atom is -0.436 e. The molecule has 0 rings (SSSR count). The molecule has 0 aliphatic carbocycles. The van der Waals surface area contributed by atoms with E-state index in [1.54, 1.807) is 0 Å². The van der Waals surface area contributed by atoms with Crippen molar-refractivity contribution in [3.8, 4) is 0 Å². The molecule has 0 fully saturated rings. The number of hydrogen-bond donors (Lipinski definition) is 2. The van der Waals surface area contributed by atoms with Crippen LogP contribution in [-0.4, -0.2) is 61.2 Å². The van der Waals surface area contributed by atoms with Crippen LogP contribution in [-0.2, 0) is 27.4 Å². The molecular weight excluding hydrogens is 1150 g/mol. The van der Waals surface area contributed by atoms with Gasteiger partial charge < -0.3 is 18.9 Å². The number of carbonyl (C=O) groups excluding carboxylic acids is 4. The van der Waals surface area contributed by atoms with Crippen LogP contribution < -0.4 is 10.6 Å². The third-order valence-corrected chi connectivity index (χ3v) is 33.1. The largest absolute Gasteiger partial charge is 0.436 e. The van der Waals surface area contributed by atoms with Gasteiger partial charge in [0.1, 0.15) is 5.78 Å². The summed E-state index contributed by atoms with van der Waals surface area (Å²) in [6.45, 7) is 31.5. The number of ketones is 2. The van der Waals surface area contributed by atoms with Gasteiger partial charge in [-0.3, -0.25) is 19.2 Å². The fourth-order valence-electron chi connectivity index (χ4n) is 14.2.